The Bertz CT molecular complexity index is 1440. The Kier molecular flexibility index (Phi) is 7.92. The highest BCUT2D eigenvalue weighted by atomic mass is 16.6. The third-order valence-electron chi connectivity index (χ3n) is 6.99. The molecule has 0 unspecified atom stereocenters. The highest BCUT2D eigenvalue weighted by Crippen LogP contribution is 2.17. The molecule has 1 fully saturated rings. The molecule has 0 bridgehead atoms. The fourth-order valence-electron chi connectivity index (χ4n) is 4.53. The van der Waals surface area contributed by atoms with E-state index in [-0.39, 0.29) is 17.3 Å². The van der Waals surface area contributed by atoms with E-state index in [1.165, 1.54) is 15.1 Å². The maximum atomic E-state index is 13.1. The molecule has 0 radical (unpaired) electrons. The van der Waals surface area contributed by atoms with Crippen molar-refractivity contribution in [2.24, 2.45) is 11.0 Å². The molecule has 12 nitrogen and oxygen atoms in total. The number of likely N-dealkylation sites (tertiary alicyclic amines) is 1. The van der Waals surface area contributed by atoms with Crippen LogP contribution in [0.2, 0.25) is 0 Å². The maximum Gasteiger partial charge on any atom is 0.294 e. The van der Waals surface area contributed by atoms with Crippen LogP contribution in [-0.4, -0.2) is 50.5 Å². The minimum Gasteiger partial charge on any atom is -0.489 e. The molecule has 1 aliphatic rings. The second kappa shape index (κ2) is 11.9. The lowest BCUT2D eigenvalue weighted by Crippen LogP contribution is -3.11. The highest BCUT2D eigenvalue weighted by Gasteiger charge is 2.28. The van der Waals surface area contributed by atoms with Crippen molar-refractivity contribution in [1.29, 1.82) is 0 Å². The van der Waals surface area contributed by atoms with E-state index in [0.717, 1.165) is 42.8 Å². The zero-order valence-electron chi connectivity index (χ0n) is 22.0. The van der Waals surface area contributed by atoms with Gasteiger partial charge in [-0.25, -0.2) is 10.1 Å². The molecule has 4 aromatic rings. The largest absolute Gasteiger partial charge is 0.489 e. The minimum absolute atomic E-state index is 0.0692. The van der Waals surface area contributed by atoms with Gasteiger partial charge in [0.25, 0.3) is 5.91 Å². The minimum atomic E-state index is -0.481. The molecule has 1 aliphatic heterocycles. The molecule has 39 heavy (non-hydrogen) atoms. The molecule has 0 atom stereocenters. The number of anilines is 1. The number of piperidine rings is 1. The van der Waals surface area contributed by atoms with Crippen LogP contribution < -0.4 is 20.8 Å². The number of nitrogens with zero attached hydrogens (tertiary/aromatic N) is 6. The van der Waals surface area contributed by atoms with E-state index in [1.54, 1.807) is 6.21 Å². The number of carbonyl (C=O) groups is 1. The zero-order valence-corrected chi connectivity index (χ0v) is 22.0. The molecule has 2 aromatic carbocycles. The van der Waals surface area contributed by atoms with E-state index in [1.807, 2.05) is 36.4 Å². The lowest BCUT2D eigenvalue weighted by atomic mass is 9.99. The van der Waals surface area contributed by atoms with Gasteiger partial charge in [0.1, 0.15) is 24.6 Å². The Morgan fingerprint density at radius 2 is 1.97 bits per heavy atom. The summed E-state index contributed by atoms with van der Waals surface area (Å²) in [5, 5.41) is 19.8. The Morgan fingerprint density at radius 1 is 1.21 bits per heavy atom. The van der Waals surface area contributed by atoms with Gasteiger partial charge >= 0.3 is 0 Å². The quantitative estimate of drug-likeness (QED) is 0.219. The average Bonchev–Trinajstić information content (AvgIpc) is 3.55. The third kappa shape index (κ3) is 6.29. The van der Waals surface area contributed by atoms with E-state index in [9.17, 15) is 4.79 Å². The first-order valence-corrected chi connectivity index (χ1v) is 12.9. The number of hydrazone groups is 1. The molecule has 2 aromatic heterocycles. The van der Waals surface area contributed by atoms with Gasteiger partial charge in [0.15, 0.2) is 5.69 Å². The SMILES string of the molecule is Cc1ccccc1COc1ccc(C=NNC(=O)c2nnn(-c3nonc3N)c2C[NH+]2CCC(C)CC2)cc1. The molecule has 5 rings (SSSR count). The van der Waals surface area contributed by atoms with Gasteiger partial charge in [0.05, 0.1) is 19.3 Å². The second-order valence-corrected chi connectivity index (χ2v) is 9.86. The highest BCUT2D eigenvalue weighted by molar-refractivity contribution is 5.94. The van der Waals surface area contributed by atoms with Crippen molar-refractivity contribution < 1.29 is 19.1 Å². The van der Waals surface area contributed by atoms with Crippen LogP contribution in [0.15, 0.2) is 58.3 Å². The fourth-order valence-corrected chi connectivity index (χ4v) is 4.53. The summed E-state index contributed by atoms with van der Waals surface area (Å²) < 4.78 is 12.1. The van der Waals surface area contributed by atoms with Crippen molar-refractivity contribution in [2.45, 2.75) is 39.8 Å². The number of ether oxygens (including phenoxy) is 1. The fraction of sp³-hybridized carbons (Fsp3) is 0.333. The van der Waals surface area contributed by atoms with Gasteiger partial charge in [0.2, 0.25) is 11.6 Å². The van der Waals surface area contributed by atoms with E-state index < -0.39 is 5.91 Å². The Labute approximate surface area is 225 Å². The number of benzene rings is 2. The summed E-state index contributed by atoms with van der Waals surface area (Å²) in [6.07, 6.45) is 3.79. The van der Waals surface area contributed by atoms with Gasteiger partial charge in [-0.2, -0.15) is 9.78 Å². The van der Waals surface area contributed by atoms with Gasteiger partial charge in [0, 0.05) is 0 Å². The molecule has 4 N–H and O–H groups in total. The van der Waals surface area contributed by atoms with Crippen LogP contribution >= 0.6 is 0 Å². The zero-order chi connectivity index (χ0) is 27.2. The lowest BCUT2D eigenvalue weighted by molar-refractivity contribution is -0.920. The van der Waals surface area contributed by atoms with Crippen LogP contribution in [0, 0.1) is 12.8 Å². The van der Waals surface area contributed by atoms with Crippen LogP contribution in [0.5, 0.6) is 5.75 Å². The Hall–Kier alpha value is -4.58. The van der Waals surface area contributed by atoms with Crippen molar-refractivity contribution in [2.75, 3.05) is 18.8 Å². The molecule has 1 saturated heterocycles. The number of aromatic nitrogens is 5. The number of nitrogens with one attached hydrogen (secondary N) is 2. The Morgan fingerprint density at radius 3 is 2.69 bits per heavy atom. The number of amides is 1. The molecular formula is C27H32N9O3+. The van der Waals surface area contributed by atoms with Gasteiger partial charge < -0.3 is 15.4 Å². The monoisotopic (exact) mass is 530 g/mol. The second-order valence-electron chi connectivity index (χ2n) is 9.86. The molecule has 202 valence electrons. The van der Waals surface area contributed by atoms with Crippen LogP contribution in [0.1, 0.15) is 52.6 Å². The number of hydrogen-bond donors (Lipinski definition) is 3. The van der Waals surface area contributed by atoms with Crippen LogP contribution in [0.25, 0.3) is 5.82 Å². The summed E-state index contributed by atoms with van der Waals surface area (Å²) in [7, 11) is 0. The van der Waals surface area contributed by atoms with Gasteiger partial charge in [-0.3, -0.25) is 4.79 Å². The number of aryl methyl sites for hydroxylation is 1. The van der Waals surface area contributed by atoms with Crippen LogP contribution in [0.3, 0.4) is 0 Å². The van der Waals surface area contributed by atoms with Gasteiger partial charge in [-0.1, -0.05) is 36.4 Å². The summed E-state index contributed by atoms with van der Waals surface area (Å²) in [6, 6.07) is 15.6. The van der Waals surface area contributed by atoms with Crippen molar-refractivity contribution in [3.63, 3.8) is 0 Å². The normalized spacial score (nSPS) is 17.4. The number of nitrogens with two attached hydrogens (primary N) is 1. The van der Waals surface area contributed by atoms with Crippen molar-refractivity contribution in [1.82, 2.24) is 30.7 Å². The van der Waals surface area contributed by atoms with Gasteiger partial charge in [-0.15, -0.1) is 5.10 Å². The Balaban J connectivity index is 1.24. The molecule has 0 saturated carbocycles. The maximum absolute atomic E-state index is 13.1. The summed E-state index contributed by atoms with van der Waals surface area (Å²) in [4.78, 5) is 14.4. The molecule has 0 spiro atoms. The topological polar surface area (TPSA) is 151 Å². The molecule has 3 heterocycles. The van der Waals surface area contributed by atoms with E-state index in [4.69, 9.17) is 15.1 Å². The van der Waals surface area contributed by atoms with E-state index in [2.05, 4.69) is 57.1 Å². The molecule has 12 heteroatoms. The summed E-state index contributed by atoms with van der Waals surface area (Å²) in [5.41, 5.74) is 12.3. The number of quaternary nitrogens is 1. The van der Waals surface area contributed by atoms with E-state index in [0.29, 0.717) is 24.8 Å². The van der Waals surface area contributed by atoms with Crippen LogP contribution in [-0.2, 0) is 13.2 Å². The third-order valence-corrected chi connectivity index (χ3v) is 6.99. The number of hydrogen-bond acceptors (Lipinski definition) is 9. The molecular weight excluding hydrogens is 498 g/mol. The van der Waals surface area contributed by atoms with Crippen molar-refractivity contribution in [3.05, 3.63) is 76.6 Å². The first-order chi connectivity index (χ1) is 19.0. The predicted molar refractivity (Wildman–Crippen MR) is 143 cm³/mol. The summed E-state index contributed by atoms with van der Waals surface area (Å²) >= 11 is 0. The summed E-state index contributed by atoms with van der Waals surface area (Å²) in [6.45, 7) is 7.32. The predicted octanol–water partition coefficient (Wildman–Crippen LogP) is 1.70. The van der Waals surface area contributed by atoms with Gasteiger partial charge in [-0.05, 0) is 77.0 Å². The number of carbonyl (C=O) groups excluding carboxylic acids is 1. The summed E-state index contributed by atoms with van der Waals surface area (Å²) in [5.74, 6) is 1.23. The number of nitrogen functional groups attached to an aromatic ring is 1. The standard InChI is InChI=1S/C27H31N9O3/c1-18-11-13-35(14-12-18)16-23-24(30-34-36(23)26-25(28)32-39-33-26)27(37)31-29-15-20-7-9-22(10-8-20)38-17-21-6-4-3-5-19(21)2/h3-10,15,18H,11-14,16-17H2,1-2H3,(H2,28,32)(H,31,37)/p+1. The van der Waals surface area contributed by atoms with Crippen LogP contribution in [0.4, 0.5) is 5.82 Å². The number of rotatable bonds is 9. The van der Waals surface area contributed by atoms with Crippen molar-refractivity contribution in [3.8, 4) is 11.6 Å². The smallest absolute Gasteiger partial charge is 0.294 e. The average molecular weight is 531 g/mol. The lowest BCUT2D eigenvalue weighted by Gasteiger charge is -2.27. The van der Waals surface area contributed by atoms with E-state index >= 15 is 0 Å². The molecule has 0 aliphatic carbocycles. The molecule has 1 amide bonds. The first-order valence-electron chi connectivity index (χ1n) is 12.9. The first kappa shape index (κ1) is 26.0. The van der Waals surface area contributed by atoms with Crippen molar-refractivity contribution >= 4 is 17.9 Å².